The van der Waals surface area contributed by atoms with E-state index in [1.807, 2.05) is 31.2 Å². The lowest BCUT2D eigenvalue weighted by molar-refractivity contribution is 1.09. The van der Waals surface area contributed by atoms with Crippen LogP contribution in [0.2, 0.25) is 0 Å². The number of benzene rings is 1. The van der Waals surface area contributed by atoms with E-state index in [9.17, 15) is 9.59 Å². The van der Waals surface area contributed by atoms with Gasteiger partial charge in [0.2, 0.25) is 0 Å². The zero-order valence-corrected chi connectivity index (χ0v) is 14.2. The summed E-state index contributed by atoms with van der Waals surface area (Å²) in [6, 6.07) is 7.69. The third kappa shape index (κ3) is 2.30. The van der Waals surface area contributed by atoms with Crippen molar-refractivity contribution >= 4 is 47.7 Å². The number of thiophene rings is 1. The van der Waals surface area contributed by atoms with Crippen LogP contribution in [-0.2, 0) is 0 Å². The molecule has 1 aromatic carbocycles. The predicted molar refractivity (Wildman–Crippen MR) is 94.0 cm³/mol. The molecule has 0 fully saturated rings. The Labute approximate surface area is 141 Å². The van der Waals surface area contributed by atoms with Gasteiger partial charge >= 0.3 is 5.69 Å². The van der Waals surface area contributed by atoms with E-state index >= 15 is 0 Å². The van der Waals surface area contributed by atoms with Crippen molar-refractivity contribution in [1.29, 1.82) is 0 Å². The Morgan fingerprint density at radius 2 is 1.83 bits per heavy atom. The second-order valence-corrected chi connectivity index (χ2v) is 6.95. The zero-order valence-electron chi connectivity index (χ0n) is 11.8. The Bertz CT molecular complexity index is 1170. The molecule has 114 valence electrons. The second-order valence-electron chi connectivity index (χ2n) is 5.03. The molecule has 0 radical (unpaired) electrons. The van der Waals surface area contributed by atoms with Crippen LogP contribution in [0.1, 0.15) is 5.69 Å². The summed E-state index contributed by atoms with van der Waals surface area (Å²) in [5.74, 6) is 0.591. The van der Waals surface area contributed by atoms with Crippen LogP contribution in [0.15, 0.2) is 38.3 Å². The van der Waals surface area contributed by atoms with Crippen molar-refractivity contribution in [2.45, 2.75) is 6.92 Å². The molecule has 8 heteroatoms. The van der Waals surface area contributed by atoms with Gasteiger partial charge in [0.15, 0.2) is 5.82 Å². The number of fused-ring (bicyclic) bond motifs is 3. The number of aromatic nitrogens is 4. The third-order valence-corrected chi connectivity index (χ3v) is 5.12. The maximum atomic E-state index is 12.0. The highest BCUT2D eigenvalue weighted by molar-refractivity contribution is 9.10. The van der Waals surface area contributed by atoms with Crippen LogP contribution in [0.25, 0.3) is 31.8 Å². The maximum Gasteiger partial charge on any atom is 0.326 e. The van der Waals surface area contributed by atoms with Gasteiger partial charge in [-0.1, -0.05) is 28.1 Å². The Hall–Kier alpha value is -2.32. The van der Waals surface area contributed by atoms with Gasteiger partial charge in [-0.2, -0.15) is 0 Å². The van der Waals surface area contributed by atoms with Gasteiger partial charge in [0.1, 0.15) is 9.53 Å². The van der Waals surface area contributed by atoms with E-state index < -0.39 is 11.2 Å². The molecule has 0 saturated heterocycles. The second kappa shape index (κ2) is 5.10. The Balaban J connectivity index is 2.07. The van der Waals surface area contributed by atoms with Crippen LogP contribution < -0.4 is 11.2 Å². The number of nitrogens with one attached hydrogen (secondary N) is 2. The first-order chi connectivity index (χ1) is 11.0. The molecule has 6 nitrogen and oxygen atoms in total. The molecule has 0 atom stereocenters. The molecule has 0 spiro atoms. The van der Waals surface area contributed by atoms with Crippen molar-refractivity contribution in [1.82, 2.24) is 19.9 Å². The van der Waals surface area contributed by atoms with Crippen molar-refractivity contribution in [3.63, 3.8) is 0 Å². The van der Waals surface area contributed by atoms with Gasteiger partial charge in [-0.15, -0.1) is 11.3 Å². The van der Waals surface area contributed by atoms with E-state index in [4.69, 9.17) is 0 Å². The van der Waals surface area contributed by atoms with Crippen LogP contribution in [-0.4, -0.2) is 19.9 Å². The van der Waals surface area contributed by atoms with Gasteiger partial charge in [0.05, 0.1) is 16.6 Å². The number of H-pyrrole nitrogens is 2. The van der Waals surface area contributed by atoms with E-state index in [-0.39, 0.29) is 0 Å². The lowest BCUT2D eigenvalue weighted by Crippen LogP contribution is -2.20. The third-order valence-electron chi connectivity index (χ3n) is 3.51. The minimum atomic E-state index is -0.529. The van der Waals surface area contributed by atoms with Crippen molar-refractivity contribution in [3.05, 3.63) is 55.3 Å². The number of hydrogen-bond acceptors (Lipinski definition) is 5. The van der Waals surface area contributed by atoms with E-state index in [2.05, 4.69) is 35.9 Å². The molecule has 3 aromatic heterocycles. The number of aryl methyl sites for hydroxylation is 1. The summed E-state index contributed by atoms with van der Waals surface area (Å²) in [4.78, 5) is 38.2. The summed E-state index contributed by atoms with van der Waals surface area (Å²) in [6.45, 7) is 1.85. The number of aromatic amines is 2. The van der Waals surface area contributed by atoms with Crippen molar-refractivity contribution in [3.8, 4) is 11.4 Å². The predicted octanol–water partition coefficient (Wildman–Crippen LogP) is 2.96. The van der Waals surface area contributed by atoms with Gasteiger partial charge in [-0.05, 0) is 19.1 Å². The van der Waals surface area contributed by atoms with Crippen molar-refractivity contribution in [2.75, 3.05) is 0 Å². The Morgan fingerprint density at radius 1 is 1.09 bits per heavy atom. The summed E-state index contributed by atoms with van der Waals surface area (Å²) in [6.07, 6.45) is 0. The largest absolute Gasteiger partial charge is 0.326 e. The summed E-state index contributed by atoms with van der Waals surface area (Å²) in [7, 11) is 0. The summed E-state index contributed by atoms with van der Waals surface area (Å²) >= 11 is 4.65. The van der Waals surface area contributed by atoms with Crippen LogP contribution in [0.5, 0.6) is 0 Å². The van der Waals surface area contributed by atoms with Crippen molar-refractivity contribution < 1.29 is 0 Å². The zero-order chi connectivity index (χ0) is 16.1. The average molecular weight is 389 g/mol. The molecule has 2 N–H and O–H groups in total. The lowest BCUT2D eigenvalue weighted by Gasteiger charge is -2.03. The molecule has 0 aliphatic heterocycles. The van der Waals surface area contributed by atoms with Gasteiger partial charge in [-0.25, -0.2) is 14.8 Å². The van der Waals surface area contributed by atoms with Crippen LogP contribution >= 0.6 is 27.3 Å². The molecule has 4 rings (SSSR count). The first-order valence-corrected chi connectivity index (χ1v) is 8.33. The molecule has 0 amide bonds. The molecule has 0 saturated carbocycles. The Kier molecular flexibility index (Phi) is 3.17. The summed E-state index contributed by atoms with van der Waals surface area (Å²) in [5.41, 5.74) is 1.17. The Morgan fingerprint density at radius 3 is 2.57 bits per heavy atom. The van der Waals surface area contributed by atoms with Crippen LogP contribution in [0.4, 0.5) is 0 Å². The highest BCUT2D eigenvalue weighted by atomic mass is 79.9. The number of halogens is 1. The SMILES string of the molecule is Cc1nc(-c2ccc(Br)cc2)nc2sc3c(=O)[nH]c(=O)[nH]c3c12. The molecular formula is C15H9BrN4O2S. The first-order valence-electron chi connectivity index (χ1n) is 6.72. The topological polar surface area (TPSA) is 91.5 Å². The number of hydrogen-bond donors (Lipinski definition) is 2. The maximum absolute atomic E-state index is 12.0. The molecule has 0 unspecified atom stereocenters. The molecular weight excluding hydrogens is 380 g/mol. The quantitative estimate of drug-likeness (QED) is 0.524. The fraction of sp³-hybridized carbons (Fsp3) is 0.0667. The van der Waals surface area contributed by atoms with Crippen LogP contribution in [0, 0.1) is 6.92 Å². The molecule has 23 heavy (non-hydrogen) atoms. The average Bonchev–Trinajstić information content (AvgIpc) is 2.87. The van der Waals surface area contributed by atoms with Gasteiger partial charge in [-0.3, -0.25) is 9.78 Å². The van der Waals surface area contributed by atoms with Crippen LogP contribution in [0.3, 0.4) is 0 Å². The van der Waals surface area contributed by atoms with E-state index in [0.717, 1.165) is 15.7 Å². The fourth-order valence-electron chi connectivity index (χ4n) is 2.48. The fourth-order valence-corrected chi connectivity index (χ4v) is 3.82. The molecule has 0 aliphatic carbocycles. The highest BCUT2D eigenvalue weighted by Crippen LogP contribution is 2.32. The molecule has 4 aromatic rings. The van der Waals surface area contributed by atoms with E-state index in [1.165, 1.54) is 11.3 Å². The minimum absolute atomic E-state index is 0.406. The minimum Gasteiger partial charge on any atom is -0.305 e. The standard InChI is InChI=1S/C15H9BrN4O2S/c1-6-9-10-11(13(21)20-15(22)18-10)23-14(9)19-12(17-6)7-2-4-8(16)5-3-7/h2-5H,1H3,(H2,18,20,21,22). The summed E-state index contributed by atoms with van der Waals surface area (Å²) in [5, 5.41) is 0.717. The first kappa shape index (κ1) is 14.3. The lowest BCUT2D eigenvalue weighted by atomic mass is 10.2. The summed E-state index contributed by atoms with van der Waals surface area (Å²) < 4.78 is 1.43. The van der Waals surface area contributed by atoms with Gasteiger partial charge < -0.3 is 4.98 Å². The van der Waals surface area contributed by atoms with E-state index in [0.29, 0.717) is 26.3 Å². The molecule has 3 heterocycles. The van der Waals surface area contributed by atoms with E-state index in [1.54, 1.807) is 0 Å². The highest BCUT2D eigenvalue weighted by Gasteiger charge is 2.15. The number of rotatable bonds is 1. The normalized spacial score (nSPS) is 11.4. The monoisotopic (exact) mass is 388 g/mol. The van der Waals surface area contributed by atoms with Gasteiger partial charge in [0.25, 0.3) is 5.56 Å². The number of nitrogens with zero attached hydrogens (tertiary/aromatic N) is 2. The molecule has 0 aliphatic rings. The smallest absolute Gasteiger partial charge is 0.305 e. The van der Waals surface area contributed by atoms with Crippen molar-refractivity contribution in [2.24, 2.45) is 0 Å². The van der Waals surface area contributed by atoms with Gasteiger partial charge in [0, 0.05) is 10.0 Å². The molecule has 0 bridgehead atoms.